The Morgan fingerprint density at radius 1 is 0.538 bits per heavy atom. The topological polar surface area (TPSA) is 137 Å². The predicted molar refractivity (Wildman–Crippen MR) is 203 cm³/mol. The fourth-order valence-electron chi connectivity index (χ4n) is 6.74. The van der Waals surface area contributed by atoms with Crippen molar-refractivity contribution in [3.63, 3.8) is 0 Å². The van der Waals surface area contributed by atoms with E-state index in [0.29, 0.717) is 95.9 Å². The van der Waals surface area contributed by atoms with Gasteiger partial charge in [-0.1, -0.05) is 78.1 Å². The summed E-state index contributed by atoms with van der Waals surface area (Å²) >= 11 is 0. The molecule has 4 aromatic rings. The summed E-state index contributed by atoms with van der Waals surface area (Å²) in [5.74, 6) is 1.09. The van der Waals surface area contributed by atoms with E-state index in [1.165, 1.54) is 51.4 Å². The Morgan fingerprint density at radius 2 is 0.942 bits per heavy atom. The summed E-state index contributed by atoms with van der Waals surface area (Å²) in [6, 6.07) is 10.6. The quantitative estimate of drug-likeness (QED) is 0.0484. The maximum atomic E-state index is 13.1. The average Bonchev–Trinajstić information content (AvgIpc) is 3.12. The van der Waals surface area contributed by atoms with Crippen LogP contribution in [0.5, 0.6) is 11.5 Å². The van der Waals surface area contributed by atoms with Crippen LogP contribution in [0, 0.1) is 20.9 Å². The van der Waals surface area contributed by atoms with Crippen molar-refractivity contribution in [1.29, 1.82) is 0 Å². The molecule has 0 unspecified atom stereocenters. The van der Waals surface area contributed by atoms with Crippen LogP contribution in [0.4, 0.5) is 0 Å². The van der Waals surface area contributed by atoms with Crippen molar-refractivity contribution in [3.05, 3.63) is 78.1 Å². The minimum Gasteiger partial charge on any atom is -0.493 e. The number of benzene rings is 2. The molecule has 2 N–H and O–H groups in total. The number of hydrogen-bond acceptors (Lipinski definition) is 8. The zero-order valence-corrected chi connectivity index (χ0v) is 30.9. The number of ether oxygens (including phenoxy) is 2. The highest BCUT2D eigenvalue weighted by Crippen LogP contribution is 2.28. The molecular formula is C42H54N2O8. The summed E-state index contributed by atoms with van der Waals surface area (Å²) < 4.78 is 23.0. The zero-order valence-electron chi connectivity index (χ0n) is 30.9. The predicted octanol–water partition coefficient (Wildman–Crippen LogP) is 8.06. The van der Waals surface area contributed by atoms with Gasteiger partial charge in [0.2, 0.25) is 11.8 Å². The molecule has 2 aromatic carbocycles. The number of carbonyl (C=O) groups excluding carboxylic acids is 2. The highest BCUT2D eigenvalue weighted by molar-refractivity contribution is 5.85. The minimum absolute atomic E-state index is 0.0217. The Labute approximate surface area is 304 Å². The molecule has 0 bridgehead atoms. The van der Waals surface area contributed by atoms with Crippen molar-refractivity contribution in [2.75, 3.05) is 26.3 Å². The molecular weight excluding hydrogens is 660 g/mol. The molecule has 10 nitrogen and oxygen atoms in total. The van der Waals surface area contributed by atoms with E-state index in [4.69, 9.17) is 18.3 Å². The number of unbranched alkanes of at least 4 members (excludes halogenated alkanes) is 10. The zero-order chi connectivity index (χ0) is 36.7. The largest absolute Gasteiger partial charge is 0.493 e. The van der Waals surface area contributed by atoms with Crippen molar-refractivity contribution in [2.24, 2.45) is 0 Å². The van der Waals surface area contributed by atoms with Gasteiger partial charge in [-0.05, 0) is 49.9 Å². The monoisotopic (exact) mass is 714 g/mol. The Hall–Kier alpha value is -4.60. The Balaban J connectivity index is 1.16. The SMILES string of the molecule is CCCCCCCCNC(=O)CCCOc1ccc2c3c(c(=O)oc2c1)=c1c(=O)oc2cc(OCCCC(=O)NCCCCCCCC)ccc2c1=3. The second-order valence-corrected chi connectivity index (χ2v) is 13.7. The molecule has 0 saturated carbocycles. The molecule has 280 valence electrons. The molecule has 5 rings (SSSR count). The third kappa shape index (κ3) is 10.3. The van der Waals surface area contributed by atoms with E-state index in [-0.39, 0.29) is 22.3 Å². The lowest BCUT2D eigenvalue weighted by molar-refractivity contribution is -0.122. The summed E-state index contributed by atoms with van der Waals surface area (Å²) in [7, 11) is 0. The lowest BCUT2D eigenvalue weighted by Gasteiger charge is -2.11. The van der Waals surface area contributed by atoms with E-state index in [1.54, 1.807) is 24.3 Å². The van der Waals surface area contributed by atoms with Gasteiger partial charge in [0, 0.05) is 59.3 Å². The van der Waals surface area contributed by atoms with Crippen LogP contribution in [-0.4, -0.2) is 38.1 Å². The van der Waals surface area contributed by atoms with Crippen molar-refractivity contribution in [1.82, 2.24) is 10.6 Å². The first-order valence-corrected chi connectivity index (χ1v) is 19.4. The van der Waals surface area contributed by atoms with E-state index >= 15 is 0 Å². The molecule has 1 aliphatic carbocycles. The number of rotatable bonds is 24. The van der Waals surface area contributed by atoms with Crippen LogP contribution in [0.2, 0.25) is 0 Å². The Bertz CT molecular complexity index is 1990. The van der Waals surface area contributed by atoms with Crippen molar-refractivity contribution < 1.29 is 27.9 Å². The van der Waals surface area contributed by atoms with Gasteiger partial charge in [0.15, 0.2) is 0 Å². The molecule has 2 heterocycles. The first-order valence-electron chi connectivity index (χ1n) is 19.4. The van der Waals surface area contributed by atoms with Gasteiger partial charge in [-0.3, -0.25) is 9.59 Å². The smallest absolute Gasteiger partial charge is 0.345 e. The second kappa shape index (κ2) is 19.9. The van der Waals surface area contributed by atoms with E-state index in [1.807, 2.05) is 12.1 Å². The summed E-state index contributed by atoms with van der Waals surface area (Å²) in [6.07, 6.45) is 16.1. The third-order valence-corrected chi connectivity index (χ3v) is 9.60. The summed E-state index contributed by atoms with van der Waals surface area (Å²) in [4.78, 5) is 50.5. The average molecular weight is 715 g/mol. The van der Waals surface area contributed by atoms with Crippen molar-refractivity contribution in [2.45, 2.75) is 117 Å². The van der Waals surface area contributed by atoms with Crippen LogP contribution < -0.4 is 31.4 Å². The minimum atomic E-state index is -0.614. The van der Waals surface area contributed by atoms with Gasteiger partial charge >= 0.3 is 11.3 Å². The Kier molecular flexibility index (Phi) is 14.8. The van der Waals surface area contributed by atoms with Gasteiger partial charge in [-0.25, -0.2) is 9.59 Å². The Morgan fingerprint density at radius 3 is 1.37 bits per heavy atom. The maximum absolute atomic E-state index is 13.1. The second-order valence-electron chi connectivity index (χ2n) is 13.7. The van der Waals surface area contributed by atoms with Gasteiger partial charge in [0.05, 0.1) is 23.7 Å². The molecule has 2 amide bonds. The summed E-state index contributed by atoms with van der Waals surface area (Å²) in [6.45, 7) is 6.50. The highest BCUT2D eigenvalue weighted by Gasteiger charge is 2.19. The fraction of sp³-hybridized carbons (Fsp3) is 0.524. The highest BCUT2D eigenvalue weighted by atomic mass is 16.5. The third-order valence-electron chi connectivity index (χ3n) is 9.60. The molecule has 0 aliphatic heterocycles. The lowest BCUT2D eigenvalue weighted by Crippen LogP contribution is -2.24. The molecule has 0 spiro atoms. The van der Waals surface area contributed by atoms with Gasteiger partial charge < -0.3 is 28.9 Å². The van der Waals surface area contributed by atoms with E-state index in [2.05, 4.69) is 24.5 Å². The summed E-state index contributed by atoms with van der Waals surface area (Å²) in [5, 5.41) is 9.06. The van der Waals surface area contributed by atoms with E-state index in [9.17, 15) is 19.2 Å². The number of nitrogens with one attached hydrogen (secondary N) is 2. The lowest BCUT2D eigenvalue weighted by atomic mass is 9.98. The normalized spacial score (nSPS) is 11.6. The van der Waals surface area contributed by atoms with Crippen LogP contribution in [0.15, 0.2) is 54.8 Å². The first-order chi connectivity index (χ1) is 25.4. The molecule has 10 heteroatoms. The molecule has 52 heavy (non-hydrogen) atoms. The maximum Gasteiger partial charge on any atom is 0.345 e. The van der Waals surface area contributed by atoms with Gasteiger partial charge in [0.25, 0.3) is 0 Å². The van der Waals surface area contributed by atoms with Gasteiger partial charge in [-0.2, -0.15) is 0 Å². The molecule has 0 radical (unpaired) electrons. The van der Waals surface area contributed by atoms with E-state index in [0.717, 1.165) is 25.7 Å². The van der Waals surface area contributed by atoms with Gasteiger partial charge in [0.1, 0.15) is 22.7 Å². The van der Waals surface area contributed by atoms with Gasteiger partial charge in [-0.15, -0.1) is 0 Å². The summed E-state index contributed by atoms with van der Waals surface area (Å²) in [5.41, 5.74) is -0.532. The molecule has 0 fully saturated rings. The molecule has 1 aliphatic rings. The molecule has 0 atom stereocenters. The first kappa shape index (κ1) is 38.6. The molecule has 0 saturated heterocycles. The van der Waals surface area contributed by atoms with Crippen LogP contribution in [0.3, 0.4) is 0 Å². The number of amides is 2. The number of carbonyl (C=O) groups is 2. The fourth-order valence-corrected chi connectivity index (χ4v) is 6.74. The van der Waals surface area contributed by atoms with Crippen molar-refractivity contribution in [3.8, 4) is 11.5 Å². The number of hydrogen-bond donors (Lipinski definition) is 2. The van der Waals surface area contributed by atoms with Crippen LogP contribution >= 0.6 is 0 Å². The van der Waals surface area contributed by atoms with Crippen LogP contribution in [0.1, 0.15) is 117 Å². The molecule has 2 aromatic heterocycles. The van der Waals surface area contributed by atoms with Crippen molar-refractivity contribution >= 4 is 33.8 Å². The van der Waals surface area contributed by atoms with Crippen LogP contribution in [-0.2, 0) is 9.59 Å². The standard InChI is InChI=1S/C42H54N2O8/c1-3-5-7-9-11-13-23-43-35(45)17-15-25-49-29-19-21-31-33(27-29)51-41(47)39-37(31)38-32-22-20-30(28-34(32)52-42(48)40(38)39)50-26-16-18-36(46)44-24-14-12-10-8-6-4-2/h19-22,27-28H,3-18,23-26H2,1-2H3,(H,43,45)(H,44,46). The van der Waals surface area contributed by atoms with E-state index < -0.39 is 11.3 Å². The number of fused-ring (bicyclic) bond motifs is 6. The van der Waals surface area contributed by atoms with Crippen LogP contribution in [0.25, 0.3) is 21.9 Å².